The number of carbonyl (C=O) groups excluding carboxylic acids is 1. The number of nitrogens with one attached hydrogen (secondary N) is 1. The fourth-order valence-corrected chi connectivity index (χ4v) is 4.45. The van der Waals surface area contributed by atoms with Crippen molar-refractivity contribution in [2.75, 3.05) is 16.2 Å². The first-order valence-corrected chi connectivity index (χ1v) is 10.5. The molecule has 0 unspecified atom stereocenters. The van der Waals surface area contributed by atoms with E-state index in [0.29, 0.717) is 12.2 Å². The molecule has 0 aliphatic carbocycles. The molecule has 1 N–H and O–H groups in total. The van der Waals surface area contributed by atoms with Gasteiger partial charge >= 0.3 is 0 Å². The van der Waals surface area contributed by atoms with Gasteiger partial charge in [0.25, 0.3) is 10.0 Å². The fourth-order valence-electron chi connectivity index (χ4n) is 3.37. The van der Waals surface area contributed by atoms with Crippen molar-refractivity contribution in [1.82, 2.24) is 0 Å². The van der Waals surface area contributed by atoms with Crippen LogP contribution < -0.4 is 9.62 Å². The number of benzene rings is 2. The van der Waals surface area contributed by atoms with Crippen LogP contribution in [0.25, 0.3) is 0 Å². The van der Waals surface area contributed by atoms with Gasteiger partial charge in [-0.1, -0.05) is 45.4 Å². The summed E-state index contributed by atoms with van der Waals surface area (Å²) in [5.74, 6) is -0.0615. The third-order valence-corrected chi connectivity index (χ3v) is 6.29. The molecule has 2 aromatic rings. The van der Waals surface area contributed by atoms with E-state index in [1.165, 1.54) is 0 Å². The molecule has 2 aromatic carbocycles. The van der Waals surface area contributed by atoms with E-state index in [0.717, 1.165) is 16.8 Å². The number of anilines is 2. The van der Waals surface area contributed by atoms with E-state index in [1.54, 1.807) is 35.2 Å². The second-order valence-corrected chi connectivity index (χ2v) is 9.80. The van der Waals surface area contributed by atoms with Crippen LogP contribution in [0, 0.1) is 12.8 Å². The number of rotatable bonds is 4. The van der Waals surface area contributed by atoms with Crippen molar-refractivity contribution in [3.05, 3.63) is 53.6 Å². The van der Waals surface area contributed by atoms with Gasteiger partial charge in [-0.25, -0.2) is 8.42 Å². The van der Waals surface area contributed by atoms with E-state index in [9.17, 15) is 13.2 Å². The summed E-state index contributed by atoms with van der Waals surface area (Å²) >= 11 is 0. The van der Waals surface area contributed by atoms with E-state index in [2.05, 4.69) is 4.72 Å². The Morgan fingerprint density at radius 3 is 2.33 bits per heavy atom. The molecule has 0 aromatic heterocycles. The molecule has 1 aliphatic rings. The minimum atomic E-state index is -3.71. The molecule has 0 atom stereocenters. The van der Waals surface area contributed by atoms with Crippen molar-refractivity contribution in [1.29, 1.82) is 0 Å². The van der Waals surface area contributed by atoms with Gasteiger partial charge in [-0.3, -0.25) is 9.52 Å². The van der Waals surface area contributed by atoms with Crippen molar-refractivity contribution in [3.8, 4) is 0 Å². The average molecular weight is 387 g/mol. The van der Waals surface area contributed by atoms with Crippen LogP contribution in [-0.2, 0) is 20.2 Å². The average Bonchev–Trinajstić information content (AvgIpc) is 2.87. The van der Waals surface area contributed by atoms with E-state index >= 15 is 0 Å². The lowest BCUT2D eigenvalue weighted by molar-refractivity contribution is -0.121. The maximum Gasteiger partial charge on any atom is 0.261 e. The van der Waals surface area contributed by atoms with Gasteiger partial charge in [-0.05, 0) is 42.8 Å². The quantitative estimate of drug-likeness (QED) is 0.861. The number of aryl methyl sites for hydroxylation is 1. The largest absolute Gasteiger partial charge is 0.311 e. The molecule has 0 radical (unpaired) electrons. The van der Waals surface area contributed by atoms with E-state index in [4.69, 9.17) is 0 Å². The lowest BCUT2D eigenvalue weighted by atomic mass is 9.87. The summed E-state index contributed by atoms with van der Waals surface area (Å²) < 4.78 is 28.3. The molecule has 0 fully saturated rings. The Balaban J connectivity index is 1.97. The van der Waals surface area contributed by atoms with Gasteiger partial charge < -0.3 is 4.90 Å². The van der Waals surface area contributed by atoms with E-state index in [1.807, 2.05) is 46.8 Å². The van der Waals surface area contributed by atoms with Gasteiger partial charge in [0, 0.05) is 29.3 Å². The first-order chi connectivity index (χ1) is 12.5. The van der Waals surface area contributed by atoms with Crippen molar-refractivity contribution in [3.63, 3.8) is 0 Å². The van der Waals surface area contributed by atoms with Crippen LogP contribution in [0.15, 0.2) is 47.4 Å². The molecule has 27 heavy (non-hydrogen) atoms. The van der Waals surface area contributed by atoms with Crippen molar-refractivity contribution < 1.29 is 13.2 Å². The van der Waals surface area contributed by atoms with Crippen LogP contribution in [0.5, 0.6) is 0 Å². The Labute approximate surface area is 161 Å². The Morgan fingerprint density at radius 1 is 1.11 bits per heavy atom. The van der Waals surface area contributed by atoms with Crippen LogP contribution in [0.2, 0.25) is 0 Å². The molecule has 0 saturated heterocycles. The summed E-state index contributed by atoms with van der Waals surface area (Å²) in [6, 6.07) is 12.2. The number of nitrogens with zero attached hydrogens (tertiary/aromatic N) is 1. The highest BCUT2D eigenvalue weighted by atomic mass is 32.2. The Bertz CT molecular complexity index is 977. The first kappa shape index (κ1) is 19.4. The molecule has 0 bridgehead atoms. The zero-order valence-corrected chi connectivity index (χ0v) is 17.2. The lowest BCUT2D eigenvalue weighted by Gasteiger charge is -2.22. The predicted octanol–water partition coefficient (Wildman–Crippen LogP) is 4.08. The number of sulfonamides is 1. The minimum Gasteiger partial charge on any atom is -0.311 e. The Hall–Kier alpha value is -2.34. The maximum atomic E-state index is 12.8. The van der Waals surface area contributed by atoms with Crippen LogP contribution in [-0.4, -0.2) is 20.9 Å². The van der Waals surface area contributed by atoms with E-state index in [-0.39, 0.29) is 22.1 Å². The van der Waals surface area contributed by atoms with Crippen LogP contribution >= 0.6 is 0 Å². The zero-order valence-electron chi connectivity index (χ0n) is 16.4. The van der Waals surface area contributed by atoms with Crippen LogP contribution in [0.1, 0.15) is 38.8 Å². The Morgan fingerprint density at radius 2 is 1.74 bits per heavy atom. The molecule has 0 spiro atoms. The normalized spacial score (nSPS) is 15.7. The van der Waals surface area contributed by atoms with Gasteiger partial charge in [0.1, 0.15) is 0 Å². The number of hydrogen-bond donors (Lipinski definition) is 1. The lowest BCUT2D eigenvalue weighted by Crippen LogP contribution is -2.36. The zero-order chi connectivity index (χ0) is 20.0. The highest BCUT2D eigenvalue weighted by Crippen LogP contribution is 2.42. The fraction of sp³-hybridized carbons (Fsp3) is 0.381. The first-order valence-electron chi connectivity index (χ1n) is 9.07. The summed E-state index contributed by atoms with van der Waals surface area (Å²) in [6.07, 6.45) is 0. The van der Waals surface area contributed by atoms with Crippen LogP contribution in [0.3, 0.4) is 0 Å². The molecule has 6 heteroatoms. The maximum absolute atomic E-state index is 12.8. The summed E-state index contributed by atoms with van der Waals surface area (Å²) in [6.45, 7) is 10.3. The third kappa shape index (κ3) is 3.72. The smallest absolute Gasteiger partial charge is 0.261 e. The van der Waals surface area contributed by atoms with Gasteiger partial charge in [-0.15, -0.1) is 0 Å². The summed E-state index contributed by atoms with van der Waals surface area (Å²) in [5.41, 5.74) is 2.95. The summed E-state index contributed by atoms with van der Waals surface area (Å²) in [5, 5.41) is 0. The third-order valence-electron chi connectivity index (χ3n) is 4.92. The molecular weight excluding hydrogens is 360 g/mol. The summed E-state index contributed by atoms with van der Waals surface area (Å²) in [4.78, 5) is 14.5. The molecular formula is C21H26N2O3S. The summed E-state index contributed by atoms with van der Waals surface area (Å²) in [7, 11) is -3.71. The van der Waals surface area contributed by atoms with Crippen LogP contribution in [0.4, 0.5) is 11.4 Å². The van der Waals surface area contributed by atoms with Gasteiger partial charge in [-0.2, -0.15) is 0 Å². The SMILES string of the molecule is Cc1ccc(NS(=O)(=O)c2ccc3c(c2)C(C)(C)CN3C(=O)C(C)C)cc1. The molecule has 144 valence electrons. The monoisotopic (exact) mass is 386 g/mol. The van der Waals surface area contributed by atoms with E-state index < -0.39 is 10.0 Å². The number of amides is 1. The number of fused-ring (bicyclic) bond motifs is 1. The minimum absolute atomic E-state index is 0.0511. The Kier molecular flexibility index (Phi) is 4.80. The van der Waals surface area contributed by atoms with Gasteiger partial charge in [0.15, 0.2) is 0 Å². The highest BCUT2D eigenvalue weighted by molar-refractivity contribution is 7.92. The second kappa shape index (κ2) is 6.68. The number of carbonyl (C=O) groups is 1. The molecule has 1 amide bonds. The molecule has 1 heterocycles. The topological polar surface area (TPSA) is 66.5 Å². The molecule has 3 rings (SSSR count). The second-order valence-electron chi connectivity index (χ2n) is 8.11. The standard InChI is InChI=1S/C21H26N2O3S/c1-14(2)20(24)23-13-21(4,5)18-12-17(10-11-19(18)23)27(25,26)22-16-8-6-15(3)7-9-16/h6-12,14,22H,13H2,1-5H3. The highest BCUT2D eigenvalue weighted by Gasteiger charge is 2.39. The molecule has 5 nitrogen and oxygen atoms in total. The molecule has 0 saturated carbocycles. The van der Waals surface area contributed by atoms with Gasteiger partial charge in [0.2, 0.25) is 5.91 Å². The van der Waals surface area contributed by atoms with Crippen molar-refractivity contribution in [2.45, 2.75) is 44.9 Å². The number of hydrogen-bond acceptors (Lipinski definition) is 3. The predicted molar refractivity (Wildman–Crippen MR) is 109 cm³/mol. The van der Waals surface area contributed by atoms with Gasteiger partial charge in [0.05, 0.1) is 4.90 Å². The van der Waals surface area contributed by atoms with Crippen molar-refractivity contribution >= 4 is 27.3 Å². The van der Waals surface area contributed by atoms with Crippen molar-refractivity contribution in [2.24, 2.45) is 5.92 Å². The molecule has 1 aliphatic heterocycles.